The van der Waals surface area contributed by atoms with E-state index in [1.54, 1.807) is 10.7 Å². The van der Waals surface area contributed by atoms with Crippen LogP contribution in [-0.2, 0) is 34.5 Å². The molecule has 0 spiro atoms. The van der Waals surface area contributed by atoms with Gasteiger partial charge in [-0.05, 0) is 36.1 Å². The topological polar surface area (TPSA) is 81.7 Å². The van der Waals surface area contributed by atoms with Crippen molar-refractivity contribution in [1.82, 2.24) is 19.6 Å². The number of nitrogens with zero attached hydrogens (tertiary/aromatic N) is 5. The summed E-state index contributed by atoms with van der Waals surface area (Å²) in [5.41, 5.74) is 7.34. The number of aliphatic imine (C=N–C) groups is 1. The van der Waals surface area contributed by atoms with Crippen molar-refractivity contribution in [2.24, 2.45) is 4.99 Å². The molecule has 0 amide bonds. The van der Waals surface area contributed by atoms with Gasteiger partial charge in [-0.15, -0.1) is 0 Å². The first-order chi connectivity index (χ1) is 15.5. The Bertz CT molecular complexity index is 1430. The van der Waals surface area contributed by atoms with Crippen LogP contribution in [0.1, 0.15) is 47.5 Å². The van der Waals surface area contributed by atoms with Gasteiger partial charge in [-0.3, -0.25) is 14.8 Å². The molecule has 4 aromatic rings. The molecule has 0 saturated heterocycles. The molecular formula is C25H21N5O2. The van der Waals surface area contributed by atoms with Crippen LogP contribution in [0.15, 0.2) is 53.8 Å². The van der Waals surface area contributed by atoms with E-state index in [0.29, 0.717) is 25.2 Å². The van der Waals surface area contributed by atoms with Crippen molar-refractivity contribution in [1.29, 1.82) is 0 Å². The van der Waals surface area contributed by atoms with E-state index < -0.39 is 5.60 Å². The van der Waals surface area contributed by atoms with E-state index in [4.69, 9.17) is 9.72 Å². The fraction of sp³-hybridized carbons (Fsp3) is 0.240. The molecule has 32 heavy (non-hydrogen) atoms. The van der Waals surface area contributed by atoms with Crippen molar-refractivity contribution >= 4 is 17.8 Å². The lowest BCUT2D eigenvalue weighted by Crippen LogP contribution is -2.33. The number of rotatable bonds is 3. The Labute approximate surface area is 184 Å². The van der Waals surface area contributed by atoms with Crippen molar-refractivity contribution in [3.63, 3.8) is 0 Å². The molecule has 2 aliphatic heterocycles. The van der Waals surface area contributed by atoms with Gasteiger partial charge < -0.3 is 4.74 Å². The van der Waals surface area contributed by atoms with E-state index in [2.05, 4.69) is 39.3 Å². The average molecular weight is 423 g/mol. The highest BCUT2D eigenvalue weighted by Crippen LogP contribution is 2.34. The summed E-state index contributed by atoms with van der Waals surface area (Å²) in [7, 11) is 0. The van der Waals surface area contributed by atoms with Gasteiger partial charge in [-0.1, -0.05) is 36.4 Å². The van der Waals surface area contributed by atoms with Crippen LogP contribution in [0.2, 0.25) is 0 Å². The van der Waals surface area contributed by atoms with Gasteiger partial charge in [0.25, 0.3) is 0 Å². The Morgan fingerprint density at radius 2 is 2.06 bits per heavy atom. The first-order valence-corrected chi connectivity index (χ1v) is 10.6. The normalized spacial score (nSPS) is 16.1. The van der Waals surface area contributed by atoms with Crippen molar-refractivity contribution in [3.05, 3.63) is 82.4 Å². The molecular weight excluding hydrogens is 402 g/mol. The van der Waals surface area contributed by atoms with Crippen molar-refractivity contribution in [2.45, 2.75) is 38.8 Å². The van der Waals surface area contributed by atoms with E-state index in [1.807, 2.05) is 38.4 Å². The third-order valence-corrected chi connectivity index (χ3v) is 6.12. The molecule has 0 aliphatic carbocycles. The molecule has 0 unspecified atom stereocenters. The molecule has 0 atom stereocenters. The van der Waals surface area contributed by atoms with Gasteiger partial charge in [0.1, 0.15) is 11.3 Å². The lowest BCUT2D eigenvalue weighted by atomic mass is 9.87. The summed E-state index contributed by atoms with van der Waals surface area (Å²) < 4.78 is 7.28. The van der Waals surface area contributed by atoms with Gasteiger partial charge in [0.15, 0.2) is 11.5 Å². The number of esters is 1. The Morgan fingerprint density at radius 3 is 2.97 bits per heavy atom. The molecule has 6 rings (SSSR count). The van der Waals surface area contributed by atoms with Gasteiger partial charge in [0.05, 0.1) is 13.0 Å². The second kappa shape index (κ2) is 6.82. The van der Waals surface area contributed by atoms with Gasteiger partial charge in [-0.2, -0.15) is 5.10 Å². The highest BCUT2D eigenvalue weighted by atomic mass is 16.6. The summed E-state index contributed by atoms with van der Waals surface area (Å²) in [5, 5.41) is 4.68. The van der Waals surface area contributed by atoms with Gasteiger partial charge in [0.2, 0.25) is 0 Å². The summed E-state index contributed by atoms with van der Waals surface area (Å²) >= 11 is 0. The number of cyclic esters (lactones) is 1. The second-order valence-electron chi connectivity index (χ2n) is 8.75. The van der Waals surface area contributed by atoms with Gasteiger partial charge >= 0.3 is 5.97 Å². The standard InChI is InChI=1S/C25H21N5O2/c1-25(2)20-7-6-15(10-17(20)12-22(31)32-25)11-21-28-24-23(27-8-9-30(24)29-21)18-5-3-4-16-13-26-14-19(16)18/h3-10,14H,11-13H2,1-2H3. The number of ether oxygens (including phenoxy) is 1. The maximum atomic E-state index is 12.0. The predicted molar refractivity (Wildman–Crippen MR) is 120 cm³/mol. The quantitative estimate of drug-likeness (QED) is 0.470. The smallest absolute Gasteiger partial charge is 0.311 e. The highest BCUT2D eigenvalue weighted by Gasteiger charge is 2.33. The summed E-state index contributed by atoms with van der Waals surface area (Å²) in [4.78, 5) is 25.9. The van der Waals surface area contributed by atoms with Gasteiger partial charge in [-0.25, -0.2) is 9.50 Å². The molecule has 2 aromatic carbocycles. The monoisotopic (exact) mass is 423 g/mol. The van der Waals surface area contributed by atoms with Crippen molar-refractivity contribution in [2.75, 3.05) is 0 Å². The second-order valence-corrected chi connectivity index (χ2v) is 8.75. The molecule has 0 saturated carbocycles. The zero-order valence-electron chi connectivity index (χ0n) is 17.9. The number of benzene rings is 2. The maximum absolute atomic E-state index is 12.0. The maximum Gasteiger partial charge on any atom is 0.311 e. The lowest BCUT2D eigenvalue weighted by molar-refractivity contribution is -0.158. The number of carbonyl (C=O) groups is 1. The lowest BCUT2D eigenvalue weighted by Gasteiger charge is -2.32. The summed E-state index contributed by atoms with van der Waals surface area (Å²) in [6.45, 7) is 4.55. The van der Waals surface area contributed by atoms with Crippen LogP contribution >= 0.6 is 0 Å². The molecule has 7 nitrogen and oxygen atoms in total. The third kappa shape index (κ3) is 3.00. The molecule has 0 radical (unpaired) electrons. The van der Waals surface area contributed by atoms with Crippen LogP contribution in [0.5, 0.6) is 0 Å². The Morgan fingerprint density at radius 1 is 1.16 bits per heavy atom. The van der Waals surface area contributed by atoms with Crippen LogP contribution < -0.4 is 0 Å². The first kappa shape index (κ1) is 18.9. The largest absolute Gasteiger partial charge is 0.455 e. The van der Waals surface area contributed by atoms with Crippen LogP contribution in [-0.4, -0.2) is 31.8 Å². The first-order valence-electron chi connectivity index (χ1n) is 10.6. The van der Waals surface area contributed by atoms with E-state index in [9.17, 15) is 4.79 Å². The van der Waals surface area contributed by atoms with E-state index in [-0.39, 0.29) is 5.97 Å². The zero-order valence-corrected chi connectivity index (χ0v) is 17.9. The van der Waals surface area contributed by atoms with E-state index in [1.165, 1.54) is 5.56 Å². The summed E-state index contributed by atoms with van der Waals surface area (Å²) in [6, 6.07) is 12.4. The highest BCUT2D eigenvalue weighted by molar-refractivity contribution is 5.95. The summed E-state index contributed by atoms with van der Waals surface area (Å²) in [6.07, 6.45) is 6.34. The SMILES string of the molecule is CC1(C)OC(=O)Cc2cc(Cc3nc4c(-c5cccc6c5C=NC6)nccn4n3)ccc21. The minimum absolute atomic E-state index is 0.194. The zero-order chi connectivity index (χ0) is 21.9. The van der Waals surface area contributed by atoms with Crippen LogP contribution in [0.4, 0.5) is 0 Å². The fourth-order valence-electron chi connectivity index (χ4n) is 4.68. The predicted octanol–water partition coefficient (Wildman–Crippen LogP) is 3.65. The van der Waals surface area contributed by atoms with Crippen LogP contribution in [0.25, 0.3) is 16.9 Å². The number of fused-ring (bicyclic) bond motifs is 3. The third-order valence-electron chi connectivity index (χ3n) is 6.12. The number of carbonyl (C=O) groups excluding carboxylic acids is 1. The molecule has 0 N–H and O–H groups in total. The Kier molecular flexibility index (Phi) is 4.02. The minimum Gasteiger partial charge on any atom is -0.455 e. The molecule has 0 fully saturated rings. The fourth-order valence-corrected chi connectivity index (χ4v) is 4.68. The Hall–Kier alpha value is -3.87. The molecule has 2 aliphatic rings. The molecule has 158 valence electrons. The van der Waals surface area contributed by atoms with Crippen LogP contribution in [0, 0.1) is 0 Å². The molecule has 4 heterocycles. The molecule has 7 heteroatoms. The van der Waals surface area contributed by atoms with Gasteiger partial charge in [0, 0.05) is 36.2 Å². The summed E-state index contributed by atoms with van der Waals surface area (Å²) in [5.74, 6) is 0.512. The molecule has 0 bridgehead atoms. The van der Waals surface area contributed by atoms with E-state index in [0.717, 1.165) is 39.2 Å². The minimum atomic E-state index is -0.607. The number of aromatic nitrogens is 4. The van der Waals surface area contributed by atoms with Crippen LogP contribution in [0.3, 0.4) is 0 Å². The number of hydrogen-bond donors (Lipinski definition) is 0. The van der Waals surface area contributed by atoms with E-state index >= 15 is 0 Å². The van der Waals surface area contributed by atoms with Crippen molar-refractivity contribution in [3.8, 4) is 11.3 Å². The number of hydrogen-bond acceptors (Lipinski definition) is 6. The average Bonchev–Trinajstić information content (AvgIpc) is 3.38. The Balaban J connectivity index is 1.38. The molecule has 2 aromatic heterocycles. The van der Waals surface area contributed by atoms with Crippen molar-refractivity contribution < 1.29 is 9.53 Å².